The Morgan fingerprint density at radius 3 is 2.33 bits per heavy atom. The summed E-state index contributed by atoms with van der Waals surface area (Å²) in [6.45, 7) is 8.36. The summed E-state index contributed by atoms with van der Waals surface area (Å²) in [5, 5.41) is 0. The van der Waals surface area contributed by atoms with Crippen molar-refractivity contribution in [2.45, 2.75) is 65.2 Å². The summed E-state index contributed by atoms with van der Waals surface area (Å²) in [5.74, 6) is 0. The Labute approximate surface area is 113 Å². The van der Waals surface area contributed by atoms with Gasteiger partial charge in [0.2, 0.25) is 0 Å². The van der Waals surface area contributed by atoms with Crippen molar-refractivity contribution in [3.8, 4) is 0 Å². The second kappa shape index (κ2) is 8.97. The van der Waals surface area contributed by atoms with Crippen molar-refractivity contribution in [3.05, 3.63) is 47.5 Å². The van der Waals surface area contributed by atoms with E-state index in [4.69, 9.17) is 0 Å². The van der Waals surface area contributed by atoms with Crippen molar-refractivity contribution < 1.29 is 0 Å². The Balaban J connectivity index is 2.77. The molecule has 0 aliphatic carbocycles. The van der Waals surface area contributed by atoms with Crippen LogP contribution in [0.4, 0.5) is 0 Å². The Morgan fingerprint density at radius 2 is 1.67 bits per heavy atom. The minimum Gasteiger partial charge on any atom is -0.103 e. The monoisotopic (exact) mass is 244 g/mol. The van der Waals surface area contributed by atoms with Crippen molar-refractivity contribution in [2.75, 3.05) is 0 Å². The van der Waals surface area contributed by atoms with E-state index in [1.807, 2.05) is 6.08 Å². The van der Waals surface area contributed by atoms with Crippen LogP contribution >= 0.6 is 0 Å². The quantitative estimate of drug-likeness (QED) is 0.504. The van der Waals surface area contributed by atoms with Gasteiger partial charge in [0, 0.05) is 0 Å². The van der Waals surface area contributed by atoms with Crippen molar-refractivity contribution in [2.24, 2.45) is 0 Å². The zero-order valence-corrected chi connectivity index (χ0v) is 12.2. The van der Waals surface area contributed by atoms with Gasteiger partial charge >= 0.3 is 0 Å². The van der Waals surface area contributed by atoms with E-state index in [9.17, 15) is 0 Å². The van der Waals surface area contributed by atoms with E-state index in [0.29, 0.717) is 0 Å². The van der Waals surface area contributed by atoms with Crippen molar-refractivity contribution in [1.82, 2.24) is 0 Å². The molecule has 0 heteroatoms. The summed E-state index contributed by atoms with van der Waals surface area (Å²) in [6.07, 6.45) is 11.9. The van der Waals surface area contributed by atoms with Crippen LogP contribution in [0, 0.1) is 0 Å². The number of unbranched alkanes of at least 4 members (excludes halogenated alkanes) is 2. The molecule has 0 aliphatic rings. The Morgan fingerprint density at radius 1 is 0.944 bits per heavy atom. The molecule has 18 heavy (non-hydrogen) atoms. The average Bonchev–Trinajstić information content (AvgIpc) is 2.41. The van der Waals surface area contributed by atoms with Crippen LogP contribution < -0.4 is 0 Å². The molecule has 0 spiro atoms. The third-order valence-electron chi connectivity index (χ3n) is 3.51. The maximum Gasteiger partial charge on any atom is -0.0241 e. The maximum absolute atomic E-state index is 3.84. The number of hydrogen-bond acceptors (Lipinski definition) is 0. The minimum absolute atomic E-state index is 1.09. The summed E-state index contributed by atoms with van der Waals surface area (Å²) >= 11 is 0. The Kier molecular flexibility index (Phi) is 7.48. The van der Waals surface area contributed by atoms with Gasteiger partial charge < -0.3 is 0 Å². The Hall–Kier alpha value is -1.04. The van der Waals surface area contributed by atoms with Crippen molar-refractivity contribution >= 4 is 0 Å². The Bertz CT molecular complexity index is 349. The van der Waals surface area contributed by atoms with Gasteiger partial charge in [-0.3, -0.25) is 0 Å². The summed E-state index contributed by atoms with van der Waals surface area (Å²) in [4.78, 5) is 0. The molecule has 100 valence electrons. The van der Waals surface area contributed by atoms with Crippen LogP contribution in [-0.4, -0.2) is 0 Å². The molecule has 1 aromatic rings. The highest BCUT2D eigenvalue weighted by Crippen LogP contribution is 2.18. The minimum atomic E-state index is 1.09. The molecule has 0 saturated carbocycles. The molecule has 0 amide bonds. The summed E-state index contributed by atoms with van der Waals surface area (Å²) < 4.78 is 0. The summed E-state index contributed by atoms with van der Waals surface area (Å²) in [6, 6.07) is 7.13. The zero-order valence-electron chi connectivity index (χ0n) is 12.2. The molecule has 0 unspecified atom stereocenters. The first-order chi connectivity index (χ1) is 8.81. The fourth-order valence-corrected chi connectivity index (χ4v) is 2.32. The van der Waals surface area contributed by atoms with Gasteiger partial charge in [0.15, 0.2) is 0 Å². The highest BCUT2D eigenvalue weighted by molar-refractivity contribution is 5.33. The molecule has 1 aromatic carbocycles. The predicted molar refractivity (Wildman–Crippen MR) is 82.2 cm³/mol. The lowest BCUT2D eigenvalue weighted by molar-refractivity contribution is 0.775. The van der Waals surface area contributed by atoms with Crippen molar-refractivity contribution in [1.29, 1.82) is 0 Å². The van der Waals surface area contributed by atoms with Crippen LogP contribution in [0.25, 0.3) is 0 Å². The molecular formula is C18H28. The zero-order chi connectivity index (χ0) is 13.2. The number of rotatable bonds is 9. The van der Waals surface area contributed by atoms with Crippen LogP contribution in [0.1, 0.15) is 62.6 Å². The fourth-order valence-electron chi connectivity index (χ4n) is 2.32. The maximum atomic E-state index is 3.84. The van der Waals surface area contributed by atoms with Crippen LogP contribution in [0.15, 0.2) is 30.9 Å². The largest absolute Gasteiger partial charge is 0.103 e. The number of hydrogen-bond donors (Lipinski definition) is 0. The van der Waals surface area contributed by atoms with Gasteiger partial charge in [0.1, 0.15) is 0 Å². The topological polar surface area (TPSA) is 0 Å². The van der Waals surface area contributed by atoms with E-state index in [0.717, 1.165) is 12.8 Å². The van der Waals surface area contributed by atoms with E-state index < -0.39 is 0 Å². The summed E-state index contributed by atoms with van der Waals surface area (Å²) in [7, 11) is 0. The van der Waals surface area contributed by atoms with E-state index >= 15 is 0 Å². The molecule has 0 radical (unpaired) electrons. The lowest BCUT2D eigenvalue weighted by Crippen LogP contribution is -1.97. The molecule has 0 saturated heterocycles. The van der Waals surface area contributed by atoms with Crippen molar-refractivity contribution in [3.63, 3.8) is 0 Å². The van der Waals surface area contributed by atoms with E-state index in [1.165, 1.54) is 44.1 Å². The molecule has 0 nitrogen and oxygen atoms in total. The molecule has 0 atom stereocenters. The first kappa shape index (κ1) is 15.0. The first-order valence-electron chi connectivity index (χ1n) is 7.53. The second-order valence-corrected chi connectivity index (χ2v) is 5.14. The van der Waals surface area contributed by atoms with Crippen LogP contribution in [0.2, 0.25) is 0 Å². The molecular weight excluding hydrogens is 216 g/mol. The normalized spacial score (nSPS) is 10.6. The highest BCUT2D eigenvalue weighted by atomic mass is 14.1. The van der Waals surface area contributed by atoms with E-state index in [2.05, 4.69) is 38.6 Å². The molecule has 0 aliphatic heterocycles. The average molecular weight is 244 g/mol. The lowest BCUT2D eigenvalue weighted by atomic mass is 9.95. The molecule has 0 bridgehead atoms. The highest BCUT2D eigenvalue weighted by Gasteiger charge is 2.03. The van der Waals surface area contributed by atoms with Gasteiger partial charge in [0.25, 0.3) is 0 Å². The number of allylic oxidation sites excluding steroid dienone is 1. The predicted octanol–water partition coefficient (Wildman–Crippen LogP) is 5.49. The van der Waals surface area contributed by atoms with E-state index in [1.54, 1.807) is 11.1 Å². The molecule has 0 aromatic heterocycles. The lowest BCUT2D eigenvalue weighted by Gasteiger charge is -2.11. The smallest absolute Gasteiger partial charge is 0.0241 e. The fraction of sp³-hybridized carbons (Fsp3) is 0.556. The third-order valence-corrected chi connectivity index (χ3v) is 3.51. The van der Waals surface area contributed by atoms with E-state index in [-0.39, 0.29) is 0 Å². The van der Waals surface area contributed by atoms with Gasteiger partial charge in [-0.25, -0.2) is 0 Å². The molecule has 0 heterocycles. The standard InChI is InChI=1S/C18H28/c1-4-7-10-16-13-14-17(11-8-5-2)18(15-16)12-9-6-3/h6,13-15H,3-5,7-12H2,1-2H3. The number of aryl methyl sites for hydroxylation is 3. The SMILES string of the molecule is C=CCCc1cc(CCCC)ccc1CCCC. The van der Waals surface area contributed by atoms with Gasteiger partial charge in [0.05, 0.1) is 0 Å². The number of benzene rings is 1. The molecule has 0 fully saturated rings. The van der Waals surface area contributed by atoms with Crippen LogP contribution in [0.5, 0.6) is 0 Å². The first-order valence-corrected chi connectivity index (χ1v) is 7.53. The van der Waals surface area contributed by atoms with Gasteiger partial charge in [-0.2, -0.15) is 0 Å². The molecule has 1 rings (SSSR count). The summed E-state index contributed by atoms with van der Waals surface area (Å²) in [5.41, 5.74) is 4.62. The second-order valence-electron chi connectivity index (χ2n) is 5.14. The van der Waals surface area contributed by atoms with Crippen LogP contribution in [0.3, 0.4) is 0 Å². The van der Waals surface area contributed by atoms with Gasteiger partial charge in [-0.15, -0.1) is 6.58 Å². The van der Waals surface area contributed by atoms with Gasteiger partial charge in [-0.1, -0.05) is 51.0 Å². The van der Waals surface area contributed by atoms with Gasteiger partial charge in [-0.05, 0) is 55.2 Å². The van der Waals surface area contributed by atoms with Crippen LogP contribution in [-0.2, 0) is 19.3 Å². The third kappa shape index (κ3) is 5.08. The molecule has 0 N–H and O–H groups in total.